The van der Waals surface area contributed by atoms with Gasteiger partial charge in [-0.2, -0.15) is 0 Å². The van der Waals surface area contributed by atoms with E-state index in [0.717, 1.165) is 17.3 Å². The molecule has 110 valence electrons. The molecule has 4 heteroatoms. The van der Waals surface area contributed by atoms with E-state index >= 15 is 0 Å². The Morgan fingerprint density at radius 3 is 2.62 bits per heavy atom. The highest BCUT2D eigenvalue weighted by Crippen LogP contribution is 2.22. The van der Waals surface area contributed by atoms with Gasteiger partial charge < -0.3 is 10.4 Å². The van der Waals surface area contributed by atoms with E-state index in [4.69, 9.17) is 0 Å². The highest BCUT2D eigenvalue weighted by atomic mass is 79.9. The predicted octanol–water partition coefficient (Wildman–Crippen LogP) is 3.91. The van der Waals surface area contributed by atoms with Gasteiger partial charge >= 0.3 is 0 Å². The molecule has 2 rings (SSSR count). The molecule has 0 bridgehead atoms. The van der Waals surface area contributed by atoms with Crippen molar-refractivity contribution in [1.29, 1.82) is 0 Å². The number of aromatic hydroxyl groups is 1. The third-order valence-electron chi connectivity index (χ3n) is 3.29. The molecule has 0 saturated heterocycles. The molecule has 21 heavy (non-hydrogen) atoms. The highest BCUT2D eigenvalue weighted by molar-refractivity contribution is 9.10. The lowest BCUT2D eigenvalue weighted by atomic mass is 10.1. The summed E-state index contributed by atoms with van der Waals surface area (Å²) in [4.78, 5) is 12.1. The van der Waals surface area contributed by atoms with E-state index in [2.05, 4.69) is 33.4 Å². The Morgan fingerprint density at radius 1 is 1.24 bits per heavy atom. The summed E-state index contributed by atoms with van der Waals surface area (Å²) in [5.74, 6) is -0.266. The van der Waals surface area contributed by atoms with E-state index in [-0.39, 0.29) is 17.7 Å². The molecule has 0 spiro atoms. The molecule has 0 aliphatic carbocycles. The van der Waals surface area contributed by atoms with Gasteiger partial charge in [0.25, 0.3) is 5.91 Å². The van der Waals surface area contributed by atoms with Gasteiger partial charge in [0, 0.05) is 10.5 Å². The highest BCUT2D eigenvalue weighted by Gasteiger charge is 2.13. The molecular weight excluding hydrogens is 330 g/mol. The molecular formula is C17H18BrNO2. The van der Waals surface area contributed by atoms with Crippen LogP contribution in [0.25, 0.3) is 0 Å². The summed E-state index contributed by atoms with van der Waals surface area (Å²) < 4.78 is 0.744. The van der Waals surface area contributed by atoms with Crippen molar-refractivity contribution in [2.24, 2.45) is 0 Å². The zero-order valence-electron chi connectivity index (χ0n) is 11.8. The molecule has 0 aromatic heterocycles. The minimum atomic E-state index is -0.249. The van der Waals surface area contributed by atoms with Crippen LogP contribution in [-0.4, -0.2) is 17.1 Å². The number of phenols is 1. The van der Waals surface area contributed by atoms with Crippen LogP contribution in [0.5, 0.6) is 5.75 Å². The lowest BCUT2D eigenvalue weighted by Gasteiger charge is -2.14. The number of aryl methyl sites for hydroxylation is 1. The molecule has 2 aromatic rings. The van der Waals surface area contributed by atoms with Crippen LogP contribution in [0.4, 0.5) is 0 Å². The monoisotopic (exact) mass is 347 g/mol. The fourth-order valence-electron chi connectivity index (χ4n) is 2.10. The second-order valence-corrected chi connectivity index (χ2v) is 5.98. The van der Waals surface area contributed by atoms with Crippen molar-refractivity contribution in [2.45, 2.75) is 25.8 Å². The van der Waals surface area contributed by atoms with Crippen LogP contribution >= 0.6 is 15.9 Å². The number of rotatable bonds is 5. The van der Waals surface area contributed by atoms with Gasteiger partial charge in [0.2, 0.25) is 0 Å². The van der Waals surface area contributed by atoms with E-state index in [0.29, 0.717) is 5.56 Å². The van der Waals surface area contributed by atoms with Gasteiger partial charge in [-0.15, -0.1) is 0 Å². The van der Waals surface area contributed by atoms with Crippen molar-refractivity contribution in [3.63, 3.8) is 0 Å². The van der Waals surface area contributed by atoms with Gasteiger partial charge in [-0.05, 0) is 43.5 Å². The molecule has 3 nitrogen and oxygen atoms in total. The Balaban J connectivity index is 1.90. The molecule has 1 atom stereocenters. The molecule has 0 radical (unpaired) electrons. The molecule has 0 aliphatic heterocycles. The number of benzene rings is 2. The SMILES string of the molecule is CC(CCc1ccccc1)NC(=O)c1ccc(Br)cc1O. The van der Waals surface area contributed by atoms with E-state index < -0.39 is 0 Å². The maximum Gasteiger partial charge on any atom is 0.255 e. The van der Waals surface area contributed by atoms with Crippen molar-refractivity contribution < 1.29 is 9.90 Å². The summed E-state index contributed by atoms with van der Waals surface area (Å²) in [5, 5.41) is 12.7. The average molecular weight is 348 g/mol. The van der Waals surface area contributed by atoms with Gasteiger partial charge in [-0.3, -0.25) is 4.79 Å². The van der Waals surface area contributed by atoms with E-state index in [1.54, 1.807) is 12.1 Å². The van der Waals surface area contributed by atoms with Crippen LogP contribution in [0.1, 0.15) is 29.3 Å². The zero-order chi connectivity index (χ0) is 15.2. The van der Waals surface area contributed by atoms with Gasteiger partial charge in [0.05, 0.1) is 5.56 Å². The summed E-state index contributed by atoms with van der Waals surface area (Å²) in [6, 6.07) is 15.1. The zero-order valence-corrected chi connectivity index (χ0v) is 13.4. The minimum Gasteiger partial charge on any atom is -0.507 e. The van der Waals surface area contributed by atoms with Crippen LogP contribution < -0.4 is 5.32 Å². The van der Waals surface area contributed by atoms with Crippen molar-refractivity contribution in [3.8, 4) is 5.75 Å². The van der Waals surface area contributed by atoms with Crippen LogP contribution in [0.15, 0.2) is 53.0 Å². The van der Waals surface area contributed by atoms with E-state index in [9.17, 15) is 9.90 Å². The first-order valence-corrected chi connectivity index (χ1v) is 7.69. The second kappa shape index (κ2) is 7.27. The molecule has 2 N–H and O–H groups in total. The third-order valence-corrected chi connectivity index (χ3v) is 3.78. The summed E-state index contributed by atoms with van der Waals surface area (Å²) in [6.07, 6.45) is 1.77. The van der Waals surface area contributed by atoms with Crippen LogP contribution in [0.3, 0.4) is 0 Å². The number of hydrogen-bond donors (Lipinski definition) is 2. The topological polar surface area (TPSA) is 49.3 Å². The molecule has 2 aromatic carbocycles. The van der Waals surface area contributed by atoms with Gasteiger partial charge in [-0.25, -0.2) is 0 Å². The molecule has 1 unspecified atom stereocenters. The van der Waals surface area contributed by atoms with E-state index in [1.165, 1.54) is 11.6 Å². The quantitative estimate of drug-likeness (QED) is 0.861. The van der Waals surface area contributed by atoms with Crippen LogP contribution in [0.2, 0.25) is 0 Å². The van der Waals surface area contributed by atoms with Crippen molar-refractivity contribution in [2.75, 3.05) is 0 Å². The van der Waals surface area contributed by atoms with Crippen molar-refractivity contribution in [3.05, 3.63) is 64.1 Å². The van der Waals surface area contributed by atoms with Crippen molar-refractivity contribution in [1.82, 2.24) is 5.32 Å². The Kier molecular flexibility index (Phi) is 5.39. The number of halogens is 1. The Hall–Kier alpha value is -1.81. The number of carbonyl (C=O) groups excluding carboxylic acids is 1. The Morgan fingerprint density at radius 2 is 1.95 bits per heavy atom. The number of carbonyl (C=O) groups is 1. The summed E-state index contributed by atoms with van der Waals surface area (Å²) >= 11 is 3.26. The molecule has 0 aliphatic rings. The van der Waals surface area contributed by atoms with Gasteiger partial charge in [0.15, 0.2) is 0 Å². The number of phenolic OH excluding ortho intramolecular Hbond substituents is 1. The maximum absolute atomic E-state index is 12.1. The third kappa shape index (κ3) is 4.60. The predicted molar refractivity (Wildman–Crippen MR) is 87.5 cm³/mol. The number of hydrogen-bond acceptors (Lipinski definition) is 2. The summed E-state index contributed by atoms with van der Waals surface area (Å²) in [5.41, 5.74) is 1.55. The lowest BCUT2D eigenvalue weighted by Crippen LogP contribution is -2.32. The molecule has 0 fully saturated rings. The minimum absolute atomic E-state index is 0.0165. The summed E-state index contributed by atoms with van der Waals surface area (Å²) in [7, 11) is 0. The van der Waals surface area contributed by atoms with Crippen molar-refractivity contribution >= 4 is 21.8 Å². The fourth-order valence-corrected chi connectivity index (χ4v) is 2.45. The largest absolute Gasteiger partial charge is 0.507 e. The fraction of sp³-hybridized carbons (Fsp3) is 0.235. The van der Waals surface area contributed by atoms with Gasteiger partial charge in [-0.1, -0.05) is 46.3 Å². The average Bonchev–Trinajstić information content (AvgIpc) is 2.46. The second-order valence-electron chi connectivity index (χ2n) is 5.06. The lowest BCUT2D eigenvalue weighted by molar-refractivity contribution is 0.0936. The first kappa shape index (κ1) is 15.6. The molecule has 0 saturated carbocycles. The van der Waals surface area contributed by atoms with Gasteiger partial charge in [0.1, 0.15) is 5.75 Å². The normalized spacial score (nSPS) is 11.9. The first-order chi connectivity index (χ1) is 10.1. The number of nitrogens with one attached hydrogen (secondary N) is 1. The molecule has 1 amide bonds. The number of amides is 1. The first-order valence-electron chi connectivity index (χ1n) is 6.89. The Labute approximate surface area is 133 Å². The molecule has 0 heterocycles. The summed E-state index contributed by atoms with van der Waals surface area (Å²) in [6.45, 7) is 1.97. The van der Waals surface area contributed by atoms with E-state index in [1.807, 2.05) is 25.1 Å². The smallest absolute Gasteiger partial charge is 0.255 e. The van der Waals surface area contributed by atoms with Crippen LogP contribution in [0, 0.1) is 0 Å². The maximum atomic E-state index is 12.1. The standard InChI is InChI=1S/C17H18BrNO2/c1-12(7-8-13-5-3-2-4-6-13)19-17(21)15-10-9-14(18)11-16(15)20/h2-6,9-12,20H,7-8H2,1H3,(H,19,21). The van der Waals surface area contributed by atoms with Crippen LogP contribution in [-0.2, 0) is 6.42 Å². The Bertz CT molecular complexity index is 613.